The van der Waals surface area contributed by atoms with Crippen LogP contribution in [0.3, 0.4) is 0 Å². The first kappa shape index (κ1) is 9.57. The molecule has 1 radical (unpaired) electrons. The summed E-state index contributed by atoms with van der Waals surface area (Å²) in [5.74, 6) is 0.0449. The van der Waals surface area contributed by atoms with Gasteiger partial charge in [0.15, 0.2) is 7.11 Å². The Kier molecular flexibility index (Phi) is 2.90. The van der Waals surface area contributed by atoms with Crippen LogP contribution in [0.15, 0.2) is 18.2 Å². The molecule has 1 N–H and O–H groups in total. The molecule has 0 unspecified atom stereocenters. The van der Waals surface area contributed by atoms with E-state index in [0.29, 0.717) is 4.92 Å². The average Bonchev–Trinajstić information content (AvgIpc) is 2.15. The molecule has 0 heterocycles. The van der Waals surface area contributed by atoms with Crippen LogP contribution in [0.4, 0.5) is 5.69 Å². The minimum atomic E-state index is 0.0449. The summed E-state index contributed by atoms with van der Waals surface area (Å²) in [6, 6.07) is 4.52. The molecule has 0 bridgehead atoms. The number of benzene rings is 1. The normalized spacial score (nSPS) is 9.38. The quantitative estimate of drug-likeness (QED) is 0.549. The van der Waals surface area contributed by atoms with E-state index in [9.17, 15) is 10.0 Å². The summed E-state index contributed by atoms with van der Waals surface area (Å²) in [4.78, 5) is 15.8. The second-order valence-electron chi connectivity index (χ2n) is 2.51. The maximum absolute atomic E-state index is 11.0. The van der Waals surface area contributed by atoms with Crippen LogP contribution in [0.25, 0.3) is 0 Å². The molecule has 13 heavy (non-hydrogen) atoms. The van der Waals surface area contributed by atoms with Gasteiger partial charge in [0, 0.05) is 6.07 Å². The van der Waals surface area contributed by atoms with Crippen LogP contribution in [0, 0.1) is 4.91 Å². The summed E-state index contributed by atoms with van der Waals surface area (Å²) in [6.45, 7) is 1.82. The van der Waals surface area contributed by atoms with Crippen molar-refractivity contribution in [3.05, 3.63) is 23.1 Å². The van der Waals surface area contributed by atoms with E-state index in [-0.39, 0.29) is 11.4 Å². The van der Waals surface area contributed by atoms with Crippen molar-refractivity contribution in [2.24, 2.45) is 0 Å². The first-order valence-corrected chi connectivity index (χ1v) is 3.82. The Labute approximate surface area is 76.9 Å². The maximum Gasteiger partial charge on any atom is 0.319 e. The van der Waals surface area contributed by atoms with E-state index in [2.05, 4.69) is 4.84 Å². The number of rotatable bonds is 3. The van der Waals surface area contributed by atoms with E-state index in [1.807, 2.05) is 6.82 Å². The second-order valence-corrected chi connectivity index (χ2v) is 2.51. The minimum Gasteiger partial charge on any atom is -0.508 e. The number of hydrogen-bond donors (Lipinski definition) is 1. The second kappa shape index (κ2) is 3.93. The van der Waals surface area contributed by atoms with Crippen LogP contribution in [0.5, 0.6) is 5.75 Å². The highest BCUT2D eigenvalue weighted by atomic mass is 16.8. The lowest BCUT2D eigenvalue weighted by Crippen LogP contribution is -2.11. The standard InChI is InChI=1S/C8H9BNO3/c1-9-6-3-7(10(12)13-2)5-8(11)4-6/h3-5H,1-2H3/p+1. The van der Waals surface area contributed by atoms with Gasteiger partial charge in [-0.05, 0) is 6.07 Å². The SMILES string of the molecule is C[B]c1cc(O)cc([N+](=O)OC)c1. The number of phenols is 1. The topological polar surface area (TPSA) is 49.5 Å². The van der Waals surface area contributed by atoms with Gasteiger partial charge in [-0.2, -0.15) is 0 Å². The van der Waals surface area contributed by atoms with Crippen molar-refractivity contribution < 1.29 is 14.9 Å². The Morgan fingerprint density at radius 2 is 2.15 bits per heavy atom. The number of hydrogen-bond acceptors (Lipinski definition) is 3. The van der Waals surface area contributed by atoms with E-state index in [4.69, 9.17) is 0 Å². The zero-order chi connectivity index (χ0) is 9.84. The Morgan fingerprint density at radius 1 is 1.46 bits per heavy atom. The first-order valence-electron chi connectivity index (χ1n) is 3.82. The van der Waals surface area contributed by atoms with Crippen LogP contribution in [0.2, 0.25) is 6.82 Å². The zero-order valence-electron chi connectivity index (χ0n) is 7.52. The number of aromatic hydroxyl groups is 1. The molecule has 0 amide bonds. The highest BCUT2D eigenvalue weighted by Crippen LogP contribution is 2.16. The third-order valence-electron chi connectivity index (χ3n) is 1.63. The lowest BCUT2D eigenvalue weighted by molar-refractivity contribution is -0.736. The van der Waals surface area contributed by atoms with Crippen molar-refractivity contribution in [3.63, 3.8) is 0 Å². The smallest absolute Gasteiger partial charge is 0.319 e. The molecule has 0 atom stereocenters. The Bertz CT molecular complexity index is 327. The lowest BCUT2D eigenvalue weighted by atomic mass is 9.73. The molecule has 0 aliphatic rings. The third-order valence-corrected chi connectivity index (χ3v) is 1.63. The van der Waals surface area contributed by atoms with Gasteiger partial charge in [0.25, 0.3) is 4.92 Å². The molecular weight excluding hydrogens is 169 g/mol. The maximum atomic E-state index is 11.0. The van der Waals surface area contributed by atoms with E-state index in [1.165, 1.54) is 13.2 Å². The highest BCUT2D eigenvalue weighted by molar-refractivity contribution is 6.52. The molecule has 0 aromatic heterocycles. The van der Waals surface area contributed by atoms with Crippen LogP contribution < -0.4 is 5.46 Å². The van der Waals surface area contributed by atoms with E-state index < -0.39 is 0 Å². The molecular formula is C8H10BNO3+. The van der Waals surface area contributed by atoms with Gasteiger partial charge in [-0.3, -0.25) is 0 Å². The largest absolute Gasteiger partial charge is 0.508 e. The molecule has 1 aromatic carbocycles. The summed E-state index contributed by atoms with van der Waals surface area (Å²) in [6.07, 6.45) is 0. The molecule has 1 aromatic rings. The van der Waals surface area contributed by atoms with Gasteiger partial charge in [-0.25, -0.2) is 4.84 Å². The Balaban J connectivity index is 3.08. The summed E-state index contributed by atoms with van der Waals surface area (Å²) in [5, 5.41) is 9.23. The van der Waals surface area contributed by atoms with Crippen molar-refractivity contribution in [3.8, 4) is 5.75 Å². The molecule has 0 spiro atoms. The predicted molar refractivity (Wildman–Crippen MR) is 49.7 cm³/mol. The molecule has 0 saturated carbocycles. The van der Waals surface area contributed by atoms with Crippen molar-refractivity contribution in [2.75, 3.05) is 7.11 Å². The Hall–Kier alpha value is -1.52. The average molecular weight is 179 g/mol. The third kappa shape index (κ3) is 2.21. The monoisotopic (exact) mass is 179 g/mol. The summed E-state index contributed by atoms with van der Waals surface area (Å²) in [5.41, 5.74) is 1.04. The first-order chi connectivity index (χ1) is 6.17. The van der Waals surface area contributed by atoms with Gasteiger partial charge in [0.2, 0.25) is 0 Å². The van der Waals surface area contributed by atoms with Crippen molar-refractivity contribution >= 4 is 18.4 Å². The van der Waals surface area contributed by atoms with Crippen molar-refractivity contribution in [1.29, 1.82) is 0 Å². The minimum absolute atomic E-state index is 0.0449. The molecule has 0 fully saturated rings. The van der Waals surface area contributed by atoms with Gasteiger partial charge >= 0.3 is 5.69 Å². The van der Waals surface area contributed by atoms with Crippen LogP contribution in [-0.2, 0) is 4.84 Å². The van der Waals surface area contributed by atoms with Crippen LogP contribution >= 0.6 is 0 Å². The van der Waals surface area contributed by atoms with Crippen molar-refractivity contribution in [1.82, 2.24) is 0 Å². The van der Waals surface area contributed by atoms with Crippen molar-refractivity contribution in [2.45, 2.75) is 6.82 Å². The fraction of sp³-hybridized carbons (Fsp3) is 0.250. The number of phenolic OH excluding ortho intramolecular Hbond substituents is 1. The van der Waals surface area contributed by atoms with Gasteiger partial charge < -0.3 is 5.11 Å². The van der Waals surface area contributed by atoms with Gasteiger partial charge in [0.05, 0.1) is 11.0 Å². The number of nitrogens with zero attached hydrogens (tertiary/aromatic N) is 1. The van der Waals surface area contributed by atoms with Crippen LogP contribution in [0.1, 0.15) is 0 Å². The molecule has 67 valence electrons. The van der Waals surface area contributed by atoms with Gasteiger partial charge in [0.1, 0.15) is 13.0 Å². The molecule has 0 saturated heterocycles. The molecule has 0 aliphatic heterocycles. The van der Waals surface area contributed by atoms with Crippen LogP contribution in [-0.4, -0.2) is 24.4 Å². The predicted octanol–water partition coefficient (Wildman–Crippen LogP) is 0.742. The molecule has 0 aliphatic carbocycles. The lowest BCUT2D eigenvalue weighted by Gasteiger charge is -1.96. The van der Waals surface area contributed by atoms with E-state index in [1.54, 1.807) is 19.4 Å². The fourth-order valence-corrected chi connectivity index (χ4v) is 0.996. The molecule has 4 nitrogen and oxygen atoms in total. The van der Waals surface area contributed by atoms with Gasteiger partial charge in [-0.15, -0.1) is 0 Å². The summed E-state index contributed by atoms with van der Waals surface area (Å²) < 4.78 is 0. The summed E-state index contributed by atoms with van der Waals surface area (Å²) in [7, 11) is 3.05. The van der Waals surface area contributed by atoms with E-state index in [0.717, 1.165) is 5.46 Å². The van der Waals surface area contributed by atoms with E-state index >= 15 is 0 Å². The fourth-order valence-electron chi connectivity index (χ4n) is 0.996. The Morgan fingerprint density at radius 3 is 2.69 bits per heavy atom. The van der Waals surface area contributed by atoms with Gasteiger partial charge in [-0.1, -0.05) is 12.3 Å². The molecule has 5 heteroatoms. The zero-order valence-corrected chi connectivity index (χ0v) is 7.52. The highest BCUT2D eigenvalue weighted by Gasteiger charge is 2.15. The summed E-state index contributed by atoms with van der Waals surface area (Å²) >= 11 is 0. The molecule has 1 rings (SSSR count).